The van der Waals surface area contributed by atoms with Gasteiger partial charge in [-0.15, -0.1) is 0 Å². The van der Waals surface area contributed by atoms with E-state index in [0.29, 0.717) is 12.2 Å². The molecule has 1 amide bonds. The first-order chi connectivity index (χ1) is 8.02. The number of aliphatic hydroxyl groups excluding tert-OH is 2. The van der Waals surface area contributed by atoms with Crippen molar-refractivity contribution in [2.24, 2.45) is 0 Å². The van der Waals surface area contributed by atoms with E-state index in [2.05, 4.69) is 10.3 Å². The van der Waals surface area contributed by atoms with Gasteiger partial charge in [-0.2, -0.15) is 0 Å². The van der Waals surface area contributed by atoms with Crippen molar-refractivity contribution in [3.63, 3.8) is 0 Å². The highest BCUT2D eigenvalue weighted by atomic mass is 16.3. The Morgan fingerprint density at radius 1 is 1.59 bits per heavy atom. The molecule has 0 saturated carbocycles. The average molecular weight is 239 g/mol. The molecule has 2 atom stereocenters. The molecule has 1 aromatic heterocycles. The molecule has 1 heterocycles. The monoisotopic (exact) mass is 239 g/mol. The smallest absolute Gasteiger partial charge is 0.216 e. The van der Waals surface area contributed by atoms with Gasteiger partial charge in [0, 0.05) is 19.7 Å². The lowest BCUT2D eigenvalue weighted by Gasteiger charge is -2.18. The molecule has 0 radical (unpaired) electrons. The Morgan fingerprint density at radius 2 is 2.29 bits per heavy atom. The minimum atomic E-state index is -1.15. The lowest BCUT2D eigenvalue weighted by atomic mass is 10.1. The molecule has 0 saturated heterocycles. The number of carbonyl (C=O) groups is 1. The van der Waals surface area contributed by atoms with Crippen molar-refractivity contribution in [3.05, 3.63) is 24.0 Å². The third-order valence-electron chi connectivity index (χ3n) is 2.33. The number of carbonyl (C=O) groups excluding carboxylic acids is 1. The molecule has 6 nitrogen and oxygen atoms in total. The highest BCUT2D eigenvalue weighted by Gasteiger charge is 2.21. The van der Waals surface area contributed by atoms with E-state index in [-0.39, 0.29) is 18.0 Å². The van der Waals surface area contributed by atoms with Crippen LogP contribution in [0.15, 0.2) is 18.3 Å². The molecule has 2 unspecified atom stereocenters. The van der Waals surface area contributed by atoms with Gasteiger partial charge in [-0.05, 0) is 18.6 Å². The lowest BCUT2D eigenvalue weighted by molar-refractivity contribution is -0.119. The van der Waals surface area contributed by atoms with Gasteiger partial charge in [-0.3, -0.25) is 9.78 Å². The van der Waals surface area contributed by atoms with Gasteiger partial charge in [0.05, 0.1) is 17.5 Å². The summed E-state index contributed by atoms with van der Waals surface area (Å²) in [7, 11) is 0. The molecule has 5 N–H and O–H groups in total. The normalized spacial score (nSPS) is 14.1. The number of amides is 1. The van der Waals surface area contributed by atoms with Gasteiger partial charge in [-0.25, -0.2) is 0 Å². The maximum absolute atomic E-state index is 10.6. The third-order valence-corrected chi connectivity index (χ3v) is 2.33. The summed E-state index contributed by atoms with van der Waals surface area (Å²) in [6.07, 6.45) is -0.435. The number of pyridine rings is 1. The van der Waals surface area contributed by atoms with Crippen LogP contribution in [0, 0.1) is 0 Å². The molecule has 0 aliphatic carbocycles. The van der Waals surface area contributed by atoms with Gasteiger partial charge in [0.1, 0.15) is 6.10 Å². The fourth-order valence-corrected chi connectivity index (χ4v) is 1.41. The van der Waals surface area contributed by atoms with E-state index in [4.69, 9.17) is 5.73 Å². The Kier molecular flexibility index (Phi) is 4.86. The SMILES string of the molecule is CC(=O)NCCC(O)C(O)c1ncccc1N. The Labute approximate surface area is 99.5 Å². The van der Waals surface area contributed by atoms with E-state index in [1.54, 1.807) is 12.1 Å². The van der Waals surface area contributed by atoms with Crippen LogP contribution >= 0.6 is 0 Å². The summed E-state index contributed by atoms with van der Waals surface area (Å²) < 4.78 is 0. The molecule has 0 bridgehead atoms. The van der Waals surface area contributed by atoms with E-state index in [1.165, 1.54) is 13.1 Å². The molecule has 0 aliphatic rings. The standard InChI is InChI=1S/C11H17N3O3/c1-7(15)13-6-4-9(16)11(17)10-8(12)3-2-5-14-10/h2-3,5,9,11,16-17H,4,6,12H2,1H3,(H,13,15). The molecule has 0 aliphatic heterocycles. The third kappa shape index (κ3) is 4.01. The number of aromatic nitrogens is 1. The average Bonchev–Trinajstić information content (AvgIpc) is 2.28. The maximum atomic E-state index is 10.6. The quantitative estimate of drug-likeness (QED) is 0.558. The van der Waals surface area contributed by atoms with Crippen molar-refractivity contribution >= 4 is 11.6 Å². The van der Waals surface area contributed by atoms with Gasteiger partial charge in [-0.1, -0.05) is 0 Å². The number of nitrogen functional groups attached to an aromatic ring is 1. The largest absolute Gasteiger partial charge is 0.397 e. The first-order valence-electron chi connectivity index (χ1n) is 5.33. The van der Waals surface area contributed by atoms with Crippen LogP contribution in [0.4, 0.5) is 5.69 Å². The van der Waals surface area contributed by atoms with Gasteiger partial charge in [0.2, 0.25) is 5.91 Å². The van der Waals surface area contributed by atoms with Crippen LogP contribution in [0.25, 0.3) is 0 Å². The fraction of sp³-hybridized carbons (Fsp3) is 0.455. The van der Waals surface area contributed by atoms with Crippen molar-refractivity contribution in [2.75, 3.05) is 12.3 Å². The number of rotatable bonds is 5. The van der Waals surface area contributed by atoms with Crippen molar-refractivity contribution in [1.29, 1.82) is 0 Å². The molecular weight excluding hydrogens is 222 g/mol. The first-order valence-corrected chi connectivity index (χ1v) is 5.33. The second kappa shape index (κ2) is 6.17. The Bertz CT molecular complexity index is 384. The first kappa shape index (κ1) is 13.4. The summed E-state index contributed by atoms with van der Waals surface area (Å²) in [6.45, 7) is 1.68. The summed E-state index contributed by atoms with van der Waals surface area (Å²) in [6, 6.07) is 3.25. The van der Waals surface area contributed by atoms with Crippen LogP contribution < -0.4 is 11.1 Å². The highest BCUT2D eigenvalue weighted by Crippen LogP contribution is 2.21. The number of anilines is 1. The molecule has 94 valence electrons. The van der Waals surface area contributed by atoms with Gasteiger partial charge >= 0.3 is 0 Å². The molecule has 1 rings (SSSR count). The van der Waals surface area contributed by atoms with Crippen LogP contribution in [0.2, 0.25) is 0 Å². The summed E-state index contributed by atoms with van der Waals surface area (Å²) in [5, 5.41) is 22.1. The number of hydrogen-bond donors (Lipinski definition) is 4. The molecule has 0 fully saturated rings. The van der Waals surface area contributed by atoms with Crippen molar-refractivity contribution in [1.82, 2.24) is 10.3 Å². The van der Waals surface area contributed by atoms with Gasteiger partial charge in [0.25, 0.3) is 0 Å². The molecule has 0 aromatic carbocycles. The fourth-order valence-electron chi connectivity index (χ4n) is 1.41. The van der Waals surface area contributed by atoms with Crippen molar-refractivity contribution < 1.29 is 15.0 Å². The van der Waals surface area contributed by atoms with Gasteiger partial charge < -0.3 is 21.3 Å². The summed E-state index contributed by atoms with van der Waals surface area (Å²) in [4.78, 5) is 14.6. The number of nitrogens with one attached hydrogen (secondary N) is 1. The van der Waals surface area contributed by atoms with Crippen LogP contribution in [-0.2, 0) is 4.79 Å². The summed E-state index contributed by atoms with van der Waals surface area (Å²) in [5.41, 5.74) is 6.22. The minimum absolute atomic E-state index is 0.177. The zero-order valence-electron chi connectivity index (χ0n) is 9.63. The second-order valence-electron chi connectivity index (χ2n) is 3.76. The van der Waals surface area contributed by atoms with E-state index in [0.717, 1.165) is 0 Å². The predicted molar refractivity (Wildman–Crippen MR) is 62.9 cm³/mol. The second-order valence-corrected chi connectivity index (χ2v) is 3.76. The Morgan fingerprint density at radius 3 is 2.88 bits per heavy atom. The molecule has 0 spiro atoms. The Balaban J connectivity index is 2.55. The molecule has 1 aromatic rings. The molecule has 6 heteroatoms. The van der Waals surface area contributed by atoms with E-state index in [9.17, 15) is 15.0 Å². The Hall–Kier alpha value is -1.66. The van der Waals surface area contributed by atoms with E-state index < -0.39 is 12.2 Å². The van der Waals surface area contributed by atoms with Gasteiger partial charge in [0.15, 0.2) is 0 Å². The zero-order chi connectivity index (χ0) is 12.8. The molecule has 17 heavy (non-hydrogen) atoms. The predicted octanol–water partition coefficient (Wildman–Crippen LogP) is -0.416. The number of aliphatic hydroxyl groups is 2. The minimum Gasteiger partial charge on any atom is -0.397 e. The van der Waals surface area contributed by atoms with Crippen LogP contribution in [0.5, 0.6) is 0 Å². The highest BCUT2D eigenvalue weighted by molar-refractivity contribution is 5.72. The zero-order valence-corrected chi connectivity index (χ0v) is 9.63. The van der Waals surface area contributed by atoms with E-state index in [1.807, 2.05) is 0 Å². The lowest BCUT2D eigenvalue weighted by Crippen LogP contribution is -2.28. The van der Waals surface area contributed by atoms with Crippen LogP contribution in [0.3, 0.4) is 0 Å². The van der Waals surface area contributed by atoms with Crippen LogP contribution in [0.1, 0.15) is 25.1 Å². The summed E-state index contributed by atoms with van der Waals surface area (Å²) in [5.74, 6) is -0.177. The van der Waals surface area contributed by atoms with Crippen LogP contribution in [-0.4, -0.2) is 33.8 Å². The van der Waals surface area contributed by atoms with E-state index >= 15 is 0 Å². The topological polar surface area (TPSA) is 108 Å². The maximum Gasteiger partial charge on any atom is 0.216 e. The number of nitrogens with zero attached hydrogens (tertiary/aromatic N) is 1. The molecular formula is C11H17N3O3. The van der Waals surface area contributed by atoms with Crippen molar-refractivity contribution in [3.8, 4) is 0 Å². The number of nitrogens with two attached hydrogens (primary N) is 1. The number of hydrogen-bond acceptors (Lipinski definition) is 5. The summed E-state index contributed by atoms with van der Waals surface area (Å²) >= 11 is 0. The van der Waals surface area contributed by atoms with Crippen molar-refractivity contribution in [2.45, 2.75) is 25.6 Å².